The summed E-state index contributed by atoms with van der Waals surface area (Å²) in [5, 5.41) is 12.5. The van der Waals surface area contributed by atoms with E-state index in [0.29, 0.717) is 19.0 Å². The first-order chi connectivity index (χ1) is 8.42. The molecular weight excluding hydrogens is 228 g/mol. The van der Waals surface area contributed by atoms with Crippen molar-refractivity contribution in [3.8, 4) is 0 Å². The van der Waals surface area contributed by atoms with Gasteiger partial charge in [-0.3, -0.25) is 4.79 Å². The van der Waals surface area contributed by atoms with Gasteiger partial charge in [-0.2, -0.15) is 0 Å². The Balaban J connectivity index is 2.56. The molecule has 4 heteroatoms. The Kier molecular flexibility index (Phi) is 5.60. The van der Waals surface area contributed by atoms with Crippen molar-refractivity contribution < 1.29 is 9.90 Å². The second-order valence-electron chi connectivity index (χ2n) is 5.78. The van der Waals surface area contributed by atoms with E-state index in [2.05, 4.69) is 24.1 Å². The van der Waals surface area contributed by atoms with Gasteiger partial charge in [0, 0.05) is 12.6 Å². The average Bonchev–Trinajstić information content (AvgIpc) is 2.77. The first kappa shape index (κ1) is 15.4. The lowest BCUT2D eigenvalue weighted by atomic mass is 9.93. The van der Waals surface area contributed by atoms with Crippen LogP contribution in [0, 0.1) is 5.92 Å². The van der Waals surface area contributed by atoms with E-state index in [1.807, 2.05) is 6.92 Å². The van der Waals surface area contributed by atoms with Crippen molar-refractivity contribution in [3.63, 3.8) is 0 Å². The highest BCUT2D eigenvalue weighted by atomic mass is 16.4. The van der Waals surface area contributed by atoms with Crippen LogP contribution in [-0.2, 0) is 4.79 Å². The van der Waals surface area contributed by atoms with Crippen LogP contribution in [0.1, 0.15) is 47.0 Å². The lowest BCUT2D eigenvalue weighted by molar-refractivity contribution is -0.145. The SMILES string of the molecule is CCNC(C)(CC(C)N1CCC(CC)C1)C(=O)O. The smallest absolute Gasteiger partial charge is 0.323 e. The molecule has 0 aromatic heterocycles. The molecule has 106 valence electrons. The molecule has 3 unspecified atom stereocenters. The number of rotatable bonds is 7. The molecule has 3 atom stereocenters. The second kappa shape index (κ2) is 6.53. The number of carboxylic acids is 1. The van der Waals surface area contributed by atoms with Gasteiger partial charge in [-0.25, -0.2) is 0 Å². The number of carboxylic acid groups (broad SMARTS) is 1. The zero-order valence-corrected chi connectivity index (χ0v) is 12.2. The van der Waals surface area contributed by atoms with Gasteiger partial charge in [0.1, 0.15) is 5.54 Å². The molecule has 2 N–H and O–H groups in total. The van der Waals surface area contributed by atoms with Crippen LogP contribution < -0.4 is 5.32 Å². The zero-order chi connectivity index (χ0) is 13.8. The van der Waals surface area contributed by atoms with E-state index in [1.165, 1.54) is 12.8 Å². The first-order valence-corrected chi connectivity index (χ1v) is 7.15. The van der Waals surface area contributed by atoms with Crippen LogP contribution in [0.15, 0.2) is 0 Å². The van der Waals surface area contributed by atoms with E-state index in [9.17, 15) is 9.90 Å². The minimum atomic E-state index is -0.807. The van der Waals surface area contributed by atoms with E-state index in [1.54, 1.807) is 6.92 Å². The van der Waals surface area contributed by atoms with E-state index in [-0.39, 0.29) is 0 Å². The molecule has 1 rings (SSSR count). The predicted octanol–water partition coefficient (Wildman–Crippen LogP) is 1.95. The molecule has 0 spiro atoms. The highest BCUT2D eigenvalue weighted by molar-refractivity contribution is 5.78. The number of carbonyl (C=O) groups is 1. The number of aliphatic carboxylic acids is 1. The van der Waals surface area contributed by atoms with E-state index in [4.69, 9.17) is 0 Å². The van der Waals surface area contributed by atoms with Gasteiger partial charge in [-0.05, 0) is 45.7 Å². The summed E-state index contributed by atoms with van der Waals surface area (Å²) >= 11 is 0. The monoisotopic (exact) mass is 256 g/mol. The lowest BCUT2D eigenvalue weighted by Gasteiger charge is -2.33. The van der Waals surface area contributed by atoms with E-state index < -0.39 is 11.5 Å². The summed E-state index contributed by atoms with van der Waals surface area (Å²) in [4.78, 5) is 13.8. The van der Waals surface area contributed by atoms with Crippen LogP contribution in [-0.4, -0.2) is 47.2 Å². The van der Waals surface area contributed by atoms with Gasteiger partial charge in [0.2, 0.25) is 0 Å². The van der Waals surface area contributed by atoms with Crippen molar-refractivity contribution >= 4 is 5.97 Å². The first-order valence-electron chi connectivity index (χ1n) is 7.15. The van der Waals surface area contributed by atoms with E-state index >= 15 is 0 Å². The van der Waals surface area contributed by atoms with Crippen LogP contribution in [0.2, 0.25) is 0 Å². The fraction of sp³-hybridized carbons (Fsp3) is 0.929. The van der Waals surface area contributed by atoms with Crippen LogP contribution in [0.25, 0.3) is 0 Å². The van der Waals surface area contributed by atoms with Gasteiger partial charge in [0.25, 0.3) is 0 Å². The molecule has 18 heavy (non-hydrogen) atoms. The summed E-state index contributed by atoms with van der Waals surface area (Å²) in [5.74, 6) is 0.0464. The van der Waals surface area contributed by atoms with Crippen LogP contribution in [0.4, 0.5) is 0 Å². The van der Waals surface area contributed by atoms with Crippen molar-refractivity contribution in [2.24, 2.45) is 5.92 Å². The molecule has 0 aromatic rings. The highest BCUT2D eigenvalue weighted by Crippen LogP contribution is 2.25. The molecule has 1 fully saturated rings. The Morgan fingerprint density at radius 2 is 2.22 bits per heavy atom. The number of hydrogen-bond acceptors (Lipinski definition) is 3. The summed E-state index contributed by atoms with van der Waals surface area (Å²) in [6.07, 6.45) is 3.14. The molecule has 1 saturated heterocycles. The molecule has 4 nitrogen and oxygen atoms in total. The number of likely N-dealkylation sites (N-methyl/N-ethyl adjacent to an activating group) is 1. The van der Waals surface area contributed by atoms with Gasteiger partial charge >= 0.3 is 5.97 Å². The summed E-state index contributed by atoms with van der Waals surface area (Å²) in [5.41, 5.74) is -0.807. The van der Waals surface area contributed by atoms with Crippen LogP contribution >= 0.6 is 0 Å². The molecule has 0 amide bonds. The maximum Gasteiger partial charge on any atom is 0.323 e. The van der Waals surface area contributed by atoms with Crippen molar-refractivity contribution in [1.82, 2.24) is 10.2 Å². The third-order valence-electron chi connectivity index (χ3n) is 4.26. The third-order valence-corrected chi connectivity index (χ3v) is 4.26. The Morgan fingerprint density at radius 3 is 2.67 bits per heavy atom. The summed E-state index contributed by atoms with van der Waals surface area (Å²) in [6.45, 7) is 11.1. The van der Waals surface area contributed by atoms with Gasteiger partial charge < -0.3 is 15.3 Å². The standard InChI is InChI=1S/C14H28N2O2/c1-5-12-7-8-16(10-12)11(3)9-14(4,13(17)18)15-6-2/h11-12,15H,5-10H2,1-4H3,(H,17,18). The van der Waals surface area contributed by atoms with Crippen molar-refractivity contribution in [3.05, 3.63) is 0 Å². The second-order valence-corrected chi connectivity index (χ2v) is 5.78. The van der Waals surface area contributed by atoms with Crippen molar-refractivity contribution in [2.75, 3.05) is 19.6 Å². The lowest BCUT2D eigenvalue weighted by Crippen LogP contribution is -2.53. The number of hydrogen-bond donors (Lipinski definition) is 2. The largest absolute Gasteiger partial charge is 0.480 e. The van der Waals surface area contributed by atoms with Crippen LogP contribution in [0.3, 0.4) is 0 Å². The molecule has 0 saturated carbocycles. The van der Waals surface area contributed by atoms with Crippen LogP contribution in [0.5, 0.6) is 0 Å². The number of likely N-dealkylation sites (tertiary alicyclic amines) is 1. The summed E-state index contributed by atoms with van der Waals surface area (Å²) < 4.78 is 0. The minimum absolute atomic E-state index is 0.321. The Morgan fingerprint density at radius 1 is 1.56 bits per heavy atom. The molecule has 1 heterocycles. The Hall–Kier alpha value is -0.610. The third kappa shape index (κ3) is 3.69. The summed E-state index contributed by atoms with van der Waals surface area (Å²) in [6, 6.07) is 0.321. The predicted molar refractivity (Wildman–Crippen MR) is 73.8 cm³/mol. The average molecular weight is 256 g/mol. The maximum atomic E-state index is 11.4. The van der Waals surface area contributed by atoms with Crippen molar-refractivity contribution in [2.45, 2.75) is 58.5 Å². The Labute approximate surface area is 111 Å². The van der Waals surface area contributed by atoms with E-state index in [0.717, 1.165) is 19.0 Å². The number of nitrogens with zero attached hydrogens (tertiary/aromatic N) is 1. The fourth-order valence-electron chi connectivity index (χ4n) is 2.94. The molecule has 0 aromatic carbocycles. The van der Waals surface area contributed by atoms with Gasteiger partial charge in [0.05, 0.1) is 0 Å². The van der Waals surface area contributed by atoms with Crippen molar-refractivity contribution in [1.29, 1.82) is 0 Å². The maximum absolute atomic E-state index is 11.4. The topological polar surface area (TPSA) is 52.6 Å². The molecule has 0 aliphatic carbocycles. The molecular formula is C14H28N2O2. The number of nitrogens with one attached hydrogen (secondary N) is 1. The quantitative estimate of drug-likeness (QED) is 0.731. The highest BCUT2D eigenvalue weighted by Gasteiger charge is 2.36. The van der Waals surface area contributed by atoms with Gasteiger partial charge in [-0.1, -0.05) is 20.3 Å². The summed E-state index contributed by atoms with van der Waals surface area (Å²) in [7, 11) is 0. The zero-order valence-electron chi connectivity index (χ0n) is 12.2. The molecule has 1 aliphatic heterocycles. The Bertz CT molecular complexity index is 283. The fourth-order valence-corrected chi connectivity index (χ4v) is 2.94. The minimum Gasteiger partial charge on any atom is -0.480 e. The molecule has 0 bridgehead atoms. The van der Waals surface area contributed by atoms with Gasteiger partial charge in [0.15, 0.2) is 0 Å². The normalized spacial score (nSPS) is 25.9. The molecule has 1 aliphatic rings. The van der Waals surface area contributed by atoms with Gasteiger partial charge in [-0.15, -0.1) is 0 Å². The molecule has 0 radical (unpaired) electrons.